The van der Waals surface area contributed by atoms with Gasteiger partial charge in [-0.25, -0.2) is 0 Å². The third-order valence-electron chi connectivity index (χ3n) is 3.02. The Morgan fingerprint density at radius 1 is 1.25 bits per heavy atom. The third kappa shape index (κ3) is 3.84. The number of halogens is 2. The van der Waals surface area contributed by atoms with E-state index in [2.05, 4.69) is 21.2 Å². The minimum absolute atomic E-state index is 0.0925. The predicted molar refractivity (Wildman–Crippen MR) is 86.6 cm³/mol. The second kappa shape index (κ2) is 6.91. The lowest BCUT2D eigenvalue weighted by molar-refractivity contribution is 0.0954. The molecule has 0 saturated carbocycles. The van der Waals surface area contributed by atoms with E-state index in [9.17, 15) is 4.79 Å². The lowest BCUT2D eigenvalue weighted by Crippen LogP contribution is -2.26. The number of carbonyl (C=O) groups excluding carboxylic acids is 1. The molecule has 0 fully saturated rings. The molecule has 2 aromatic rings. The van der Waals surface area contributed by atoms with Crippen molar-refractivity contribution in [1.29, 1.82) is 0 Å². The molecule has 1 unspecified atom stereocenters. The highest BCUT2D eigenvalue weighted by Crippen LogP contribution is 2.21. The number of nitrogens with one attached hydrogen (secondary N) is 1. The molecule has 0 saturated heterocycles. The van der Waals surface area contributed by atoms with Crippen LogP contribution in [0.2, 0.25) is 5.02 Å². The van der Waals surface area contributed by atoms with Crippen molar-refractivity contribution >= 4 is 33.4 Å². The summed E-state index contributed by atoms with van der Waals surface area (Å²) in [6.07, 6.45) is 0. The Labute approximate surface area is 132 Å². The lowest BCUT2D eigenvalue weighted by Gasteiger charge is -2.12. The van der Waals surface area contributed by atoms with E-state index in [-0.39, 0.29) is 10.7 Å². The topological polar surface area (TPSA) is 29.1 Å². The number of alkyl halides is 1. The van der Waals surface area contributed by atoms with E-state index in [1.807, 2.05) is 37.3 Å². The summed E-state index contributed by atoms with van der Waals surface area (Å²) >= 11 is 9.53. The van der Waals surface area contributed by atoms with E-state index in [1.54, 1.807) is 18.2 Å². The van der Waals surface area contributed by atoms with E-state index < -0.39 is 0 Å². The summed E-state index contributed by atoms with van der Waals surface area (Å²) in [5, 5.41) is 3.59. The number of rotatable bonds is 4. The largest absolute Gasteiger partial charge is 0.351 e. The molecule has 20 heavy (non-hydrogen) atoms. The van der Waals surface area contributed by atoms with Crippen LogP contribution in [0.3, 0.4) is 0 Å². The van der Waals surface area contributed by atoms with Gasteiger partial charge in [0.25, 0.3) is 5.91 Å². The average Bonchev–Trinajstić information content (AvgIpc) is 2.48. The van der Waals surface area contributed by atoms with Gasteiger partial charge in [0.15, 0.2) is 0 Å². The van der Waals surface area contributed by atoms with Gasteiger partial charge in [-0.2, -0.15) is 0 Å². The summed E-state index contributed by atoms with van der Waals surface area (Å²) in [6.45, 7) is 2.42. The number of carbonyl (C=O) groups is 1. The number of benzene rings is 2. The van der Waals surface area contributed by atoms with Crippen LogP contribution in [0, 0.1) is 6.92 Å². The first-order valence-corrected chi connectivity index (χ1v) is 7.60. The molecule has 0 radical (unpaired) electrons. The summed E-state index contributed by atoms with van der Waals surface area (Å²) in [7, 11) is 0. The SMILES string of the molecule is Cc1cc(C(=O)NCC(Br)c2ccccc2)ccc1Cl. The Bertz CT molecular complexity index is 601. The summed E-state index contributed by atoms with van der Waals surface area (Å²) in [4.78, 5) is 12.2. The monoisotopic (exact) mass is 351 g/mol. The highest BCUT2D eigenvalue weighted by atomic mass is 79.9. The van der Waals surface area contributed by atoms with Crippen LogP contribution in [0.15, 0.2) is 48.5 Å². The zero-order valence-corrected chi connectivity index (χ0v) is 13.4. The van der Waals surface area contributed by atoms with Gasteiger partial charge < -0.3 is 5.32 Å². The molecule has 0 aliphatic rings. The van der Waals surface area contributed by atoms with Gasteiger partial charge in [0, 0.05) is 17.1 Å². The predicted octanol–water partition coefficient (Wildman–Crippen LogP) is 4.51. The Morgan fingerprint density at radius 2 is 1.95 bits per heavy atom. The fourth-order valence-electron chi connectivity index (χ4n) is 1.85. The van der Waals surface area contributed by atoms with Crippen molar-refractivity contribution in [1.82, 2.24) is 5.32 Å². The Kier molecular flexibility index (Phi) is 5.21. The number of amides is 1. The van der Waals surface area contributed by atoms with Crippen molar-refractivity contribution in [2.45, 2.75) is 11.8 Å². The standard InChI is InChI=1S/C16H15BrClNO/c1-11-9-13(7-8-15(11)18)16(20)19-10-14(17)12-5-3-2-4-6-12/h2-9,14H,10H2,1H3,(H,19,20). The van der Waals surface area contributed by atoms with Crippen LogP contribution >= 0.6 is 27.5 Å². The number of hydrogen-bond acceptors (Lipinski definition) is 1. The van der Waals surface area contributed by atoms with Gasteiger partial charge in [-0.1, -0.05) is 57.9 Å². The zero-order chi connectivity index (χ0) is 14.5. The normalized spacial score (nSPS) is 11.9. The van der Waals surface area contributed by atoms with Crippen molar-refractivity contribution in [3.63, 3.8) is 0 Å². The Balaban J connectivity index is 1.97. The highest BCUT2D eigenvalue weighted by Gasteiger charge is 2.11. The van der Waals surface area contributed by atoms with E-state index in [0.717, 1.165) is 11.1 Å². The molecule has 0 heterocycles. The van der Waals surface area contributed by atoms with Gasteiger partial charge in [0.1, 0.15) is 0 Å². The molecular weight excluding hydrogens is 338 g/mol. The fraction of sp³-hybridized carbons (Fsp3) is 0.188. The maximum absolute atomic E-state index is 12.1. The van der Waals surface area contributed by atoms with Crippen LogP contribution in [-0.4, -0.2) is 12.5 Å². The maximum atomic E-state index is 12.1. The fourth-order valence-corrected chi connectivity index (χ4v) is 2.43. The lowest BCUT2D eigenvalue weighted by atomic mass is 10.1. The Hall–Kier alpha value is -1.32. The minimum atomic E-state index is -0.0925. The van der Waals surface area contributed by atoms with Gasteiger partial charge in [0.05, 0.1) is 4.83 Å². The van der Waals surface area contributed by atoms with Crippen molar-refractivity contribution in [3.8, 4) is 0 Å². The van der Waals surface area contributed by atoms with Crippen LogP contribution in [0.1, 0.15) is 26.3 Å². The molecule has 1 N–H and O–H groups in total. The molecule has 0 bridgehead atoms. The quantitative estimate of drug-likeness (QED) is 0.806. The van der Waals surface area contributed by atoms with Crippen molar-refractivity contribution < 1.29 is 4.79 Å². The first-order valence-electron chi connectivity index (χ1n) is 6.31. The molecule has 1 atom stereocenters. The van der Waals surface area contributed by atoms with Gasteiger partial charge >= 0.3 is 0 Å². The highest BCUT2D eigenvalue weighted by molar-refractivity contribution is 9.09. The van der Waals surface area contributed by atoms with Crippen LogP contribution in [-0.2, 0) is 0 Å². The molecule has 4 heteroatoms. The summed E-state index contributed by atoms with van der Waals surface area (Å²) in [6, 6.07) is 15.3. The van der Waals surface area contributed by atoms with Gasteiger partial charge in [-0.3, -0.25) is 4.79 Å². The van der Waals surface area contributed by atoms with E-state index in [4.69, 9.17) is 11.6 Å². The average molecular weight is 353 g/mol. The van der Waals surface area contributed by atoms with Crippen LogP contribution < -0.4 is 5.32 Å². The molecule has 0 aliphatic carbocycles. The molecule has 2 rings (SSSR count). The van der Waals surface area contributed by atoms with Crippen LogP contribution in [0.5, 0.6) is 0 Å². The van der Waals surface area contributed by atoms with Crippen LogP contribution in [0.25, 0.3) is 0 Å². The maximum Gasteiger partial charge on any atom is 0.251 e. The van der Waals surface area contributed by atoms with Crippen molar-refractivity contribution in [2.24, 2.45) is 0 Å². The first-order chi connectivity index (χ1) is 9.58. The second-order valence-electron chi connectivity index (χ2n) is 4.55. The molecule has 2 nitrogen and oxygen atoms in total. The second-order valence-corrected chi connectivity index (χ2v) is 6.06. The van der Waals surface area contributed by atoms with Gasteiger partial charge in [0.2, 0.25) is 0 Å². The van der Waals surface area contributed by atoms with E-state index >= 15 is 0 Å². The van der Waals surface area contributed by atoms with E-state index in [0.29, 0.717) is 17.1 Å². The smallest absolute Gasteiger partial charge is 0.251 e. The summed E-state index contributed by atoms with van der Waals surface area (Å²) < 4.78 is 0. The van der Waals surface area contributed by atoms with E-state index in [1.165, 1.54) is 0 Å². The molecule has 0 spiro atoms. The van der Waals surface area contributed by atoms with Crippen molar-refractivity contribution in [3.05, 3.63) is 70.2 Å². The Morgan fingerprint density at radius 3 is 2.60 bits per heavy atom. The zero-order valence-electron chi connectivity index (χ0n) is 11.1. The minimum Gasteiger partial charge on any atom is -0.351 e. The summed E-state index contributed by atoms with van der Waals surface area (Å²) in [5.74, 6) is -0.0925. The molecule has 2 aromatic carbocycles. The van der Waals surface area contributed by atoms with Crippen LogP contribution in [0.4, 0.5) is 0 Å². The van der Waals surface area contributed by atoms with Gasteiger partial charge in [-0.05, 0) is 36.2 Å². The van der Waals surface area contributed by atoms with Gasteiger partial charge in [-0.15, -0.1) is 0 Å². The molecule has 0 aromatic heterocycles. The first kappa shape index (κ1) is 15.1. The van der Waals surface area contributed by atoms with Crippen molar-refractivity contribution in [2.75, 3.05) is 6.54 Å². The number of hydrogen-bond donors (Lipinski definition) is 1. The summed E-state index contributed by atoms with van der Waals surface area (Å²) in [5.41, 5.74) is 2.66. The molecule has 1 amide bonds. The molecule has 104 valence electrons. The molecular formula is C16H15BrClNO. The molecule has 0 aliphatic heterocycles. The third-order valence-corrected chi connectivity index (χ3v) is 4.30. The number of aryl methyl sites for hydroxylation is 1.